The third kappa shape index (κ3) is 4.52. The van der Waals surface area contributed by atoms with E-state index in [0.717, 1.165) is 22.2 Å². The van der Waals surface area contributed by atoms with Gasteiger partial charge in [-0.1, -0.05) is 30.3 Å². The van der Waals surface area contributed by atoms with Gasteiger partial charge in [0.05, 0.1) is 26.2 Å². The average molecular weight is 392 g/mol. The van der Waals surface area contributed by atoms with Crippen LogP contribution in [0.1, 0.15) is 5.56 Å². The number of carbonyl (C=O) groups is 1. The van der Waals surface area contributed by atoms with Crippen LogP contribution in [0.2, 0.25) is 0 Å². The van der Waals surface area contributed by atoms with Gasteiger partial charge in [-0.3, -0.25) is 4.79 Å². The number of quaternary nitrogens is 1. The van der Waals surface area contributed by atoms with Crippen LogP contribution in [-0.4, -0.2) is 51.4 Å². The molecule has 1 heterocycles. The summed E-state index contributed by atoms with van der Waals surface area (Å²) in [4.78, 5) is 13.0. The largest absolute Gasteiger partial charge is 0.325 e. The van der Waals surface area contributed by atoms with Crippen molar-refractivity contribution in [1.82, 2.24) is 4.31 Å². The lowest BCUT2D eigenvalue weighted by molar-refractivity contribution is -0.895. The SMILES string of the molecule is Cc1ccccc1NC(=O)C[NH+]1CCN(S(=O)(=O)c2ccccc2F)CC1. The first-order valence-corrected chi connectivity index (χ1v) is 10.3. The Morgan fingerprint density at radius 2 is 1.74 bits per heavy atom. The highest BCUT2D eigenvalue weighted by Gasteiger charge is 2.32. The summed E-state index contributed by atoms with van der Waals surface area (Å²) in [7, 11) is -3.85. The predicted octanol–water partition coefficient (Wildman–Crippen LogP) is 0.662. The van der Waals surface area contributed by atoms with E-state index in [4.69, 9.17) is 0 Å². The Morgan fingerprint density at radius 1 is 1.11 bits per heavy atom. The van der Waals surface area contributed by atoms with Crippen LogP contribution in [-0.2, 0) is 14.8 Å². The Kier molecular flexibility index (Phi) is 5.88. The van der Waals surface area contributed by atoms with Gasteiger partial charge in [0, 0.05) is 5.69 Å². The fourth-order valence-electron chi connectivity index (χ4n) is 3.15. The topological polar surface area (TPSA) is 70.9 Å². The molecule has 1 aliphatic heterocycles. The van der Waals surface area contributed by atoms with Gasteiger partial charge in [-0.2, -0.15) is 4.31 Å². The number of hydrogen-bond acceptors (Lipinski definition) is 3. The normalized spacial score (nSPS) is 16.2. The van der Waals surface area contributed by atoms with Gasteiger partial charge in [-0.05, 0) is 30.7 Å². The molecule has 1 saturated heterocycles. The fraction of sp³-hybridized carbons (Fsp3) is 0.316. The molecule has 2 aromatic carbocycles. The predicted molar refractivity (Wildman–Crippen MR) is 101 cm³/mol. The summed E-state index contributed by atoms with van der Waals surface area (Å²) in [5, 5.41) is 2.89. The summed E-state index contributed by atoms with van der Waals surface area (Å²) in [6.07, 6.45) is 0. The molecule has 0 aliphatic carbocycles. The first kappa shape index (κ1) is 19.5. The molecule has 0 spiro atoms. The molecule has 2 aromatic rings. The number of hydrogen-bond donors (Lipinski definition) is 2. The number of anilines is 1. The number of piperazine rings is 1. The quantitative estimate of drug-likeness (QED) is 0.786. The highest BCUT2D eigenvalue weighted by Crippen LogP contribution is 2.18. The van der Waals surface area contributed by atoms with Crippen LogP contribution in [0, 0.1) is 12.7 Å². The molecule has 27 heavy (non-hydrogen) atoms. The second-order valence-corrected chi connectivity index (χ2v) is 8.53. The lowest BCUT2D eigenvalue weighted by Crippen LogP contribution is -3.15. The number of rotatable bonds is 5. The molecule has 6 nitrogen and oxygen atoms in total. The molecule has 0 aromatic heterocycles. The van der Waals surface area contributed by atoms with Crippen molar-refractivity contribution in [3.05, 3.63) is 59.9 Å². The number of nitrogens with one attached hydrogen (secondary N) is 2. The monoisotopic (exact) mass is 392 g/mol. The summed E-state index contributed by atoms with van der Waals surface area (Å²) >= 11 is 0. The van der Waals surface area contributed by atoms with Crippen LogP contribution < -0.4 is 10.2 Å². The maximum absolute atomic E-state index is 13.9. The van der Waals surface area contributed by atoms with E-state index in [1.54, 1.807) is 0 Å². The van der Waals surface area contributed by atoms with Crippen LogP contribution in [0.3, 0.4) is 0 Å². The summed E-state index contributed by atoms with van der Waals surface area (Å²) in [5.41, 5.74) is 1.77. The van der Waals surface area contributed by atoms with Gasteiger partial charge in [-0.15, -0.1) is 0 Å². The number of benzene rings is 2. The van der Waals surface area contributed by atoms with E-state index in [1.165, 1.54) is 22.5 Å². The van der Waals surface area contributed by atoms with Crippen molar-refractivity contribution >= 4 is 21.6 Å². The minimum Gasteiger partial charge on any atom is -0.325 e. The standard InChI is InChI=1S/C19H22FN3O3S/c1-15-6-2-4-8-17(15)21-19(24)14-22-10-12-23(13-11-22)27(25,26)18-9-5-3-7-16(18)20/h2-9H,10-14H2,1H3,(H,21,24)/p+1. The lowest BCUT2D eigenvalue weighted by atomic mass is 10.2. The van der Waals surface area contributed by atoms with Gasteiger partial charge >= 0.3 is 0 Å². The fourth-order valence-corrected chi connectivity index (χ4v) is 4.65. The van der Waals surface area contributed by atoms with Gasteiger partial charge in [0.25, 0.3) is 5.91 Å². The van der Waals surface area contributed by atoms with Crippen LogP contribution in [0.25, 0.3) is 0 Å². The highest BCUT2D eigenvalue weighted by molar-refractivity contribution is 7.89. The Morgan fingerprint density at radius 3 is 2.41 bits per heavy atom. The third-order valence-electron chi connectivity index (χ3n) is 4.71. The van der Waals surface area contributed by atoms with E-state index < -0.39 is 15.8 Å². The average Bonchev–Trinajstić information content (AvgIpc) is 2.64. The second kappa shape index (κ2) is 8.16. The minimum absolute atomic E-state index is 0.107. The third-order valence-corrected chi connectivity index (χ3v) is 6.65. The molecule has 1 aliphatic rings. The smallest absolute Gasteiger partial charge is 0.279 e. The molecule has 1 amide bonds. The molecule has 2 N–H and O–H groups in total. The Hall–Kier alpha value is -2.29. The molecule has 0 atom stereocenters. The number of para-hydroxylation sites is 1. The van der Waals surface area contributed by atoms with Crippen molar-refractivity contribution in [1.29, 1.82) is 0 Å². The second-order valence-electron chi connectivity index (χ2n) is 6.62. The summed E-state index contributed by atoms with van der Waals surface area (Å²) in [5.74, 6) is -0.852. The van der Waals surface area contributed by atoms with Gasteiger partial charge in [0.2, 0.25) is 10.0 Å². The van der Waals surface area contributed by atoms with Crippen molar-refractivity contribution in [2.24, 2.45) is 0 Å². The first-order valence-electron chi connectivity index (χ1n) is 8.81. The first-order chi connectivity index (χ1) is 12.9. The van der Waals surface area contributed by atoms with Crippen molar-refractivity contribution in [3.8, 4) is 0 Å². The molecular formula is C19H23FN3O3S+. The maximum atomic E-state index is 13.9. The van der Waals surface area contributed by atoms with Crippen molar-refractivity contribution in [2.45, 2.75) is 11.8 Å². The molecule has 0 saturated carbocycles. The highest BCUT2D eigenvalue weighted by atomic mass is 32.2. The van der Waals surface area contributed by atoms with Crippen LogP contribution in [0.5, 0.6) is 0 Å². The molecule has 3 rings (SSSR count). The van der Waals surface area contributed by atoms with E-state index in [0.29, 0.717) is 13.1 Å². The van der Waals surface area contributed by atoms with E-state index >= 15 is 0 Å². The van der Waals surface area contributed by atoms with Gasteiger partial charge in [-0.25, -0.2) is 12.8 Å². The van der Waals surface area contributed by atoms with E-state index in [2.05, 4.69) is 5.32 Å². The maximum Gasteiger partial charge on any atom is 0.279 e. The van der Waals surface area contributed by atoms with E-state index in [1.807, 2.05) is 31.2 Å². The van der Waals surface area contributed by atoms with Gasteiger partial charge in [0.15, 0.2) is 6.54 Å². The minimum atomic E-state index is -3.85. The number of halogens is 1. The van der Waals surface area contributed by atoms with Gasteiger partial charge < -0.3 is 10.2 Å². The number of nitrogens with zero attached hydrogens (tertiary/aromatic N) is 1. The number of sulfonamides is 1. The van der Waals surface area contributed by atoms with Crippen molar-refractivity contribution in [3.63, 3.8) is 0 Å². The van der Waals surface area contributed by atoms with Crippen LogP contribution >= 0.6 is 0 Å². The lowest BCUT2D eigenvalue weighted by Gasteiger charge is -2.31. The zero-order valence-electron chi connectivity index (χ0n) is 15.1. The van der Waals surface area contributed by atoms with Crippen LogP contribution in [0.15, 0.2) is 53.4 Å². The zero-order valence-corrected chi connectivity index (χ0v) is 15.9. The summed E-state index contributed by atoms with van der Waals surface area (Å²) in [6.45, 7) is 3.69. The van der Waals surface area contributed by atoms with Crippen molar-refractivity contribution < 1.29 is 22.5 Å². The zero-order chi connectivity index (χ0) is 19.4. The Bertz CT molecular complexity index is 925. The van der Waals surface area contributed by atoms with E-state index in [-0.39, 0.29) is 30.4 Å². The molecular weight excluding hydrogens is 369 g/mol. The van der Waals surface area contributed by atoms with Crippen LogP contribution in [0.4, 0.5) is 10.1 Å². The molecule has 0 radical (unpaired) electrons. The number of carbonyl (C=O) groups excluding carboxylic acids is 1. The Balaban J connectivity index is 1.57. The Labute approximate surface area is 158 Å². The van der Waals surface area contributed by atoms with E-state index in [9.17, 15) is 17.6 Å². The molecule has 8 heteroatoms. The van der Waals surface area contributed by atoms with Crippen molar-refractivity contribution in [2.75, 3.05) is 38.0 Å². The molecule has 144 valence electrons. The van der Waals surface area contributed by atoms with Gasteiger partial charge in [0.1, 0.15) is 10.7 Å². The number of aryl methyl sites for hydroxylation is 1. The molecule has 0 unspecified atom stereocenters. The molecule has 0 bridgehead atoms. The molecule has 1 fully saturated rings. The summed E-state index contributed by atoms with van der Waals surface area (Å²) < 4.78 is 40.4. The number of amides is 1. The summed E-state index contributed by atoms with van der Waals surface area (Å²) in [6, 6.07) is 12.9.